The minimum Gasteiger partial charge on any atom is -0.483 e. The topological polar surface area (TPSA) is 128 Å². The highest BCUT2D eigenvalue weighted by Crippen LogP contribution is 2.28. The van der Waals surface area contributed by atoms with E-state index in [1.165, 1.54) is 12.1 Å². The number of carbonyl (C=O) groups is 1. The zero-order valence-electron chi connectivity index (χ0n) is 12.8. The predicted octanol–water partition coefficient (Wildman–Crippen LogP) is 2.51. The van der Waals surface area contributed by atoms with Crippen LogP contribution in [0.3, 0.4) is 0 Å². The zero-order valence-corrected chi connectivity index (χ0v) is 16.8. The van der Waals surface area contributed by atoms with E-state index in [1.54, 1.807) is 23.0 Å². The first kappa shape index (κ1) is 20.3. The van der Waals surface area contributed by atoms with E-state index in [-0.39, 0.29) is 0 Å². The third-order valence-electron chi connectivity index (χ3n) is 2.93. The number of carbonyl (C=O) groups excluding carboxylic acids is 1. The first-order valence-electron chi connectivity index (χ1n) is 6.82. The molecule has 0 aliphatic heterocycles. The third-order valence-corrected chi connectivity index (χ3v) is 5.34. The minimum atomic E-state index is -4.32. The summed E-state index contributed by atoms with van der Waals surface area (Å²) in [5.74, 6) is -0.410. The molecule has 1 amide bonds. The predicted molar refractivity (Wildman–Crippen MR) is 98.9 cm³/mol. The van der Waals surface area contributed by atoms with Crippen molar-refractivity contribution in [2.24, 2.45) is 0 Å². The molecule has 26 heavy (non-hydrogen) atoms. The van der Waals surface area contributed by atoms with E-state index >= 15 is 0 Å². The van der Waals surface area contributed by atoms with Crippen LogP contribution in [0.15, 0.2) is 56.3 Å². The molecule has 0 atom stereocenters. The van der Waals surface area contributed by atoms with E-state index in [9.17, 15) is 23.3 Å². The molecule has 0 radical (unpaired) electrons. The normalized spacial score (nSPS) is 11.0. The van der Waals surface area contributed by atoms with E-state index in [0.717, 1.165) is 16.6 Å². The number of hydrogen-bond acceptors (Lipinski definition) is 6. The molecule has 0 aliphatic rings. The van der Waals surface area contributed by atoms with Crippen molar-refractivity contribution in [2.75, 3.05) is 6.61 Å². The van der Waals surface area contributed by atoms with Gasteiger partial charge in [0.05, 0.1) is 9.40 Å². The van der Waals surface area contributed by atoms with Gasteiger partial charge in [0.2, 0.25) is 0 Å². The van der Waals surface area contributed by atoms with Gasteiger partial charge in [-0.05, 0) is 40.2 Å². The summed E-state index contributed by atoms with van der Waals surface area (Å²) >= 11 is 6.53. The number of nitrogens with one attached hydrogen (secondary N) is 2. The molecule has 2 aromatic carbocycles. The molecule has 2 N–H and O–H groups in total. The number of sulfonamides is 1. The SMILES string of the molecule is O=C(COc1ccc(Br)cc1Br)NNS(=O)(=O)c1ccccc1[N+](=O)[O-]. The summed E-state index contributed by atoms with van der Waals surface area (Å²) < 4.78 is 31.0. The summed E-state index contributed by atoms with van der Waals surface area (Å²) in [6.45, 7) is -0.473. The van der Waals surface area contributed by atoms with Gasteiger partial charge in [0.15, 0.2) is 11.5 Å². The van der Waals surface area contributed by atoms with Gasteiger partial charge in [-0.2, -0.15) is 0 Å². The lowest BCUT2D eigenvalue weighted by molar-refractivity contribution is -0.387. The van der Waals surface area contributed by atoms with Gasteiger partial charge in [0.25, 0.3) is 21.6 Å². The van der Waals surface area contributed by atoms with Crippen molar-refractivity contribution in [2.45, 2.75) is 4.90 Å². The number of rotatable bonds is 7. The van der Waals surface area contributed by atoms with Crippen LogP contribution in [-0.4, -0.2) is 25.9 Å². The monoisotopic (exact) mass is 507 g/mol. The molecule has 0 saturated carbocycles. The Balaban J connectivity index is 1.99. The Labute approximate surface area is 165 Å². The minimum absolute atomic E-state index is 0.380. The lowest BCUT2D eigenvalue weighted by Crippen LogP contribution is -2.43. The van der Waals surface area contributed by atoms with Crippen molar-refractivity contribution >= 4 is 53.5 Å². The van der Waals surface area contributed by atoms with Gasteiger partial charge >= 0.3 is 0 Å². The van der Waals surface area contributed by atoms with Crippen LogP contribution < -0.4 is 15.0 Å². The maximum absolute atomic E-state index is 12.1. The van der Waals surface area contributed by atoms with Crippen LogP contribution in [0.2, 0.25) is 0 Å². The lowest BCUT2D eigenvalue weighted by atomic mass is 10.3. The summed E-state index contributed by atoms with van der Waals surface area (Å²) in [5, 5.41) is 10.9. The van der Waals surface area contributed by atoms with Crippen molar-refractivity contribution in [1.29, 1.82) is 0 Å². The molecular formula is C14H11Br2N3O6S. The highest BCUT2D eigenvalue weighted by Gasteiger charge is 2.25. The Hall–Kier alpha value is -2.02. The molecule has 0 saturated heterocycles. The maximum Gasteiger partial charge on any atom is 0.289 e. The van der Waals surface area contributed by atoms with E-state index in [0.29, 0.717) is 10.2 Å². The standard InChI is InChI=1S/C14H11Br2N3O6S/c15-9-5-6-12(10(16)7-9)25-8-14(20)17-18-26(23,24)13-4-2-1-3-11(13)19(21)22/h1-7,18H,8H2,(H,17,20). The fourth-order valence-electron chi connectivity index (χ4n) is 1.79. The summed E-state index contributed by atoms with van der Waals surface area (Å²) in [6.07, 6.45) is 0. The number of halogens is 2. The smallest absolute Gasteiger partial charge is 0.289 e. The number of para-hydroxylation sites is 1. The van der Waals surface area contributed by atoms with Gasteiger partial charge in [0.1, 0.15) is 5.75 Å². The number of amides is 1. The number of nitro groups is 1. The largest absolute Gasteiger partial charge is 0.483 e. The fourth-order valence-corrected chi connectivity index (χ4v) is 3.98. The Bertz CT molecular complexity index is 951. The fraction of sp³-hybridized carbons (Fsp3) is 0.0714. The Morgan fingerprint density at radius 3 is 2.54 bits per heavy atom. The Kier molecular flexibility index (Phi) is 6.69. The molecule has 0 spiro atoms. The van der Waals surface area contributed by atoms with Crippen molar-refractivity contribution in [3.63, 3.8) is 0 Å². The molecule has 0 aliphatic carbocycles. The molecule has 9 nitrogen and oxygen atoms in total. The van der Waals surface area contributed by atoms with Crippen molar-refractivity contribution < 1.29 is 22.9 Å². The summed E-state index contributed by atoms with van der Waals surface area (Å²) in [5.41, 5.74) is 1.33. The summed E-state index contributed by atoms with van der Waals surface area (Å²) in [4.78, 5) is 23.1. The molecule has 0 aromatic heterocycles. The average Bonchev–Trinajstić information content (AvgIpc) is 2.59. The van der Waals surface area contributed by atoms with Crippen LogP contribution in [0.5, 0.6) is 5.75 Å². The molecule has 138 valence electrons. The zero-order chi connectivity index (χ0) is 19.3. The second-order valence-corrected chi connectivity index (χ2v) is 8.16. The maximum atomic E-state index is 12.1. The van der Waals surface area contributed by atoms with Crippen LogP contribution in [0.25, 0.3) is 0 Å². The number of hydrazine groups is 1. The molecule has 2 rings (SSSR count). The number of ether oxygens (including phenoxy) is 1. The average molecular weight is 509 g/mol. The van der Waals surface area contributed by atoms with Crippen molar-refractivity contribution in [3.8, 4) is 5.75 Å². The van der Waals surface area contributed by atoms with Gasteiger partial charge in [0, 0.05) is 10.5 Å². The van der Waals surface area contributed by atoms with Crippen LogP contribution >= 0.6 is 31.9 Å². The summed E-state index contributed by atoms with van der Waals surface area (Å²) in [7, 11) is -4.32. The van der Waals surface area contributed by atoms with Gasteiger partial charge in [-0.1, -0.05) is 28.1 Å². The first-order chi connectivity index (χ1) is 12.2. The lowest BCUT2D eigenvalue weighted by Gasteiger charge is -2.10. The highest BCUT2D eigenvalue weighted by molar-refractivity contribution is 9.11. The Morgan fingerprint density at radius 2 is 1.88 bits per heavy atom. The molecule has 2 aromatic rings. The number of nitrogens with zero attached hydrogens (tertiary/aromatic N) is 1. The first-order valence-corrected chi connectivity index (χ1v) is 9.89. The van der Waals surface area contributed by atoms with E-state index in [1.807, 2.05) is 5.43 Å². The summed E-state index contributed by atoms with van der Waals surface area (Å²) in [6, 6.07) is 9.79. The van der Waals surface area contributed by atoms with Crippen LogP contribution in [0.4, 0.5) is 5.69 Å². The van der Waals surface area contributed by atoms with Gasteiger partial charge < -0.3 is 4.74 Å². The molecule has 12 heteroatoms. The van der Waals surface area contributed by atoms with Crippen molar-refractivity contribution in [3.05, 3.63) is 61.5 Å². The number of nitro benzene ring substituents is 1. The molecular weight excluding hydrogens is 498 g/mol. The molecule has 0 unspecified atom stereocenters. The molecule has 0 fully saturated rings. The molecule has 0 heterocycles. The van der Waals surface area contributed by atoms with E-state index in [2.05, 4.69) is 31.9 Å². The highest BCUT2D eigenvalue weighted by atomic mass is 79.9. The molecule has 0 bridgehead atoms. The van der Waals surface area contributed by atoms with Crippen molar-refractivity contribution in [1.82, 2.24) is 10.3 Å². The quantitative estimate of drug-likeness (QED) is 0.437. The van der Waals surface area contributed by atoms with Crippen LogP contribution in [-0.2, 0) is 14.8 Å². The van der Waals surface area contributed by atoms with E-state index < -0.39 is 38.0 Å². The Morgan fingerprint density at radius 1 is 1.19 bits per heavy atom. The van der Waals surface area contributed by atoms with E-state index in [4.69, 9.17) is 4.74 Å². The van der Waals surface area contributed by atoms with Crippen LogP contribution in [0, 0.1) is 10.1 Å². The van der Waals surface area contributed by atoms with Gasteiger partial charge in [-0.15, -0.1) is 4.83 Å². The number of benzene rings is 2. The second kappa shape index (κ2) is 8.58. The number of hydrogen-bond donors (Lipinski definition) is 2. The van der Waals surface area contributed by atoms with Gasteiger partial charge in [-0.25, -0.2) is 8.42 Å². The van der Waals surface area contributed by atoms with Gasteiger partial charge in [-0.3, -0.25) is 20.3 Å². The third kappa shape index (κ3) is 5.24. The van der Waals surface area contributed by atoms with Crippen LogP contribution in [0.1, 0.15) is 0 Å². The second-order valence-electron chi connectivity index (χ2n) is 4.74.